The molecule has 0 aliphatic rings. The van der Waals surface area contributed by atoms with Gasteiger partial charge in [0, 0.05) is 21.3 Å². The summed E-state index contributed by atoms with van der Waals surface area (Å²) in [6.07, 6.45) is 0. The minimum Gasteiger partial charge on any atom is -0.486 e. The van der Waals surface area contributed by atoms with Crippen molar-refractivity contribution in [2.75, 3.05) is 5.32 Å². The third-order valence-corrected chi connectivity index (χ3v) is 4.43. The van der Waals surface area contributed by atoms with Crippen LogP contribution in [0.15, 0.2) is 57.4 Å². The SMILES string of the molecule is Cc1c(F)cc(C(N)=O)cc1NC(=O)c1ccc(COc2cccc(Br)c2)o1. The highest BCUT2D eigenvalue weighted by molar-refractivity contribution is 9.10. The number of rotatable bonds is 6. The third kappa shape index (κ3) is 4.58. The number of ether oxygens (including phenoxy) is 1. The van der Waals surface area contributed by atoms with Gasteiger partial charge in [0.2, 0.25) is 5.91 Å². The van der Waals surface area contributed by atoms with Crippen molar-refractivity contribution in [3.63, 3.8) is 0 Å². The molecule has 144 valence electrons. The molecule has 2 aromatic carbocycles. The minimum atomic E-state index is -0.792. The molecular weight excluding hydrogens is 431 g/mol. The van der Waals surface area contributed by atoms with Crippen molar-refractivity contribution in [1.82, 2.24) is 0 Å². The lowest BCUT2D eigenvalue weighted by Gasteiger charge is -2.10. The predicted octanol–water partition coefficient (Wildman–Crippen LogP) is 4.42. The van der Waals surface area contributed by atoms with Crippen molar-refractivity contribution in [2.45, 2.75) is 13.5 Å². The maximum absolute atomic E-state index is 13.9. The van der Waals surface area contributed by atoms with Gasteiger partial charge in [-0.05, 0) is 49.4 Å². The number of halogens is 2. The summed E-state index contributed by atoms with van der Waals surface area (Å²) in [5.74, 6) is -0.909. The normalized spacial score (nSPS) is 10.5. The number of benzene rings is 2. The first-order valence-corrected chi connectivity index (χ1v) is 9.01. The number of nitrogens with one attached hydrogen (secondary N) is 1. The molecule has 0 bridgehead atoms. The van der Waals surface area contributed by atoms with Crippen LogP contribution >= 0.6 is 15.9 Å². The smallest absolute Gasteiger partial charge is 0.291 e. The minimum absolute atomic E-state index is 0.0251. The van der Waals surface area contributed by atoms with E-state index in [0.29, 0.717) is 11.5 Å². The largest absolute Gasteiger partial charge is 0.486 e. The molecule has 0 saturated carbocycles. The summed E-state index contributed by atoms with van der Waals surface area (Å²) in [4.78, 5) is 23.7. The first-order chi connectivity index (χ1) is 13.3. The number of nitrogens with two attached hydrogens (primary N) is 1. The molecule has 8 heteroatoms. The number of hydrogen-bond donors (Lipinski definition) is 2. The number of amides is 2. The zero-order valence-electron chi connectivity index (χ0n) is 14.8. The summed E-state index contributed by atoms with van der Waals surface area (Å²) < 4.78 is 25.9. The quantitative estimate of drug-likeness (QED) is 0.585. The van der Waals surface area contributed by atoms with E-state index in [9.17, 15) is 14.0 Å². The lowest BCUT2D eigenvalue weighted by atomic mass is 10.1. The van der Waals surface area contributed by atoms with Gasteiger partial charge in [-0.2, -0.15) is 0 Å². The second kappa shape index (κ2) is 8.26. The van der Waals surface area contributed by atoms with Crippen molar-refractivity contribution in [2.24, 2.45) is 5.73 Å². The van der Waals surface area contributed by atoms with Gasteiger partial charge in [0.1, 0.15) is 23.9 Å². The number of anilines is 1. The van der Waals surface area contributed by atoms with Crippen molar-refractivity contribution in [3.8, 4) is 5.75 Å². The van der Waals surface area contributed by atoms with Gasteiger partial charge >= 0.3 is 0 Å². The van der Waals surface area contributed by atoms with Gasteiger partial charge in [-0.15, -0.1) is 0 Å². The molecule has 28 heavy (non-hydrogen) atoms. The molecule has 3 rings (SSSR count). The molecule has 0 fully saturated rings. The molecule has 0 unspecified atom stereocenters. The summed E-state index contributed by atoms with van der Waals surface area (Å²) >= 11 is 3.36. The van der Waals surface area contributed by atoms with Crippen LogP contribution in [0.25, 0.3) is 0 Å². The molecule has 2 amide bonds. The Hall–Kier alpha value is -3.13. The highest BCUT2D eigenvalue weighted by Crippen LogP contribution is 2.23. The van der Waals surface area contributed by atoms with E-state index in [2.05, 4.69) is 21.2 Å². The lowest BCUT2D eigenvalue weighted by molar-refractivity contribution is 0.0985. The predicted molar refractivity (Wildman–Crippen MR) is 105 cm³/mol. The molecular formula is C20H16BrFN2O4. The van der Waals surface area contributed by atoms with Crippen molar-refractivity contribution >= 4 is 33.4 Å². The van der Waals surface area contributed by atoms with Crippen LogP contribution < -0.4 is 15.8 Å². The third-order valence-electron chi connectivity index (χ3n) is 3.94. The Morgan fingerprint density at radius 1 is 1.21 bits per heavy atom. The van der Waals surface area contributed by atoms with Crippen LogP contribution in [0.4, 0.5) is 10.1 Å². The van der Waals surface area contributed by atoms with Crippen molar-refractivity contribution in [1.29, 1.82) is 0 Å². The number of carbonyl (C=O) groups excluding carboxylic acids is 2. The van der Waals surface area contributed by atoms with E-state index in [1.165, 1.54) is 19.1 Å². The Balaban J connectivity index is 1.70. The van der Waals surface area contributed by atoms with E-state index in [1.807, 2.05) is 12.1 Å². The number of hydrogen-bond acceptors (Lipinski definition) is 4. The van der Waals surface area contributed by atoms with E-state index in [1.54, 1.807) is 18.2 Å². The van der Waals surface area contributed by atoms with Crippen LogP contribution in [-0.2, 0) is 6.61 Å². The second-order valence-electron chi connectivity index (χ2n) is 5.96. The fourth-order valence-electron chi connectivity index (χ4n) is 2.42. The summed E-state index contributed by atoms with van der Waals surface area (Å²) in [5, 5.41) is 2.53. The average molecular weight is 447 g/mol. The van der Waals surface area contributed by atoms with E-state index in [4.69, 9.17) is 14.9 Å². The van der Waals surface area contributed by atoms with Gasteiger partial charge in [-0.25, -0.2) is 4.39 Å². The second-order valence-corrected chi connectivity index (χ2v) is 6.88. The monoisotopic (exact) mass is 446 g/mol. The fraction of sp³-hybridized carbons (Fsp3) is 0.100. The van der Waals surface area contributed by atoms with E-state index >= 15 is 0 Å². The van der Waals surface area contributed by atoms with Gasteiger partial charge in [0.15, 0.2) is 5.76 Å². The van der Waals surface area contributed by atoms with Crippen LogP contribution in [0, 0.1) is 12.7 Å². The number of furan rings is 1. The van der Waals surface area contributed by atoms with Crippen LogP contribution in [0.2, 0.25) is 0 Å². The van der Waals surface area contributed by atoms with Crippen molar-refractivity contribution < 1.29 is 23.1 Å². The molecule has 3 N–H and O–H groups in total. The van der Waals surface area contributed by atoms with E-state index in [0.717, 1.165) is 10.5 Å². The summed E-state index contributed by atoms with van der Waals surface area (Å²) in [6, 6.07) is 12.8. The molecule has 3 aromatic rings. The first kappa shape index (κ1) is 19.6. The summed E-state index contributed by atoms with van der Waals surface area (Å²) in [7, 11) is 0. The average Bonchev–Trinajstić information content (AvgIpc) is 3.12. The van der Waals surface area contributed by atoms with Crippen LogP contribution in [0.3, 0.4) is 0 Å². The van der Waals surface area contributed by atoms with Gasteiger partial charge < -0.3 is 20.2 Å². The molecule has 1 heterocycles. The molecule has 0 aliphatic carbocycles. The maximum atomic E-state index is 13.9. The topological polar surface area (TPSA) is 94.6 Å². The molecule has 0 saturated heterocycles. The van der Waals surface area contributed by atoms with Crippen LogP contribution in [-0.4, -0.2) is 11.8 Å². The molecule has 0 atom stereocenters. The Kier molecular flexibility index (Phi) is 5.79. The number of primary amides is 1. The zero-order valence-corrected chi connectivity index (χ0v) is 16.4. The molecule has 0 spiro atoms. The molecule has 0 aliphatic heterocycles. The molecule has 0 radical (unpaired) electrons. The van der Waals surface area contributed by atoms with Crippen LogP contribution in [0.5, 0.6) is 5.75 Å². The Labute approximate surface area is 168 Å². The summed E-state index contributed by atoms with van der Waals surface area (Å²) in [6.45, 7) is 1.61. The zero-order chi connectivity index (χ0) is 20.3. The van der Waals surface area contributed by atoms with E-state index < -0.39 is 17.6 Å². The van der Waals surface area contributed by atoms with Crippen molar-refractivity contribution in [3.05, 3.63) is 81.5 Å². The lowest BCUT2D eigenvalue weighted by Crippen LogP contribution is -2.16. The Morgan fingerprint density at radius 3 is 2.71 bits per heavy atom. The first-order valence-electron chi connectivity index (χ1n) is 8.22. The van der Waals surface area contributed by atoms with Crippen LogP contribution in [0.1, 0.15) is 32.2 Å². The van der Waals surface area contributed by atoms with Gasteiger partial charge in [-0.1, -0.05) is 22.0 Å². The Morgan fingerprint density at radius 2 is 2.00 bits per heavy atom. The maximum Gasteiger partial charge on any atom is 0.291 e. The van der Waals surface area contributed by atoms with E-state index in [-0.39, 0.29) is 29.2 Å². The summed E-state index contributed by atoms with van der Waals surface area (Å²) in [5.41, 5.74) is 5.47. The van der Waals surface area contributed by atoms with Gasteiger partial charge in [0.05, 0.1) is 0 Å². The molecule has 1 aromatic heterocycles. The fourth-order valence-corrected chi connectivity index (χ4v) is 2.80. The Bertz CT molecular complexity index is 1050. The highest BCUT2D eigenvalue weighted by Gasteiger charge is 2.16. The van der Waals surface area contributed by atoms with Gasteiger partial charge in [0.25, 0.3) is 5.91 Å². The standard InChI is InChI=1S/C20H16BrFN2O4/c1-11-16(22)7-12(19(23)25)8-17(11)24-20(26)18-6-5-15(28-18)10-27-14-4-2-3-13(21)9-14/h2-9H,10H2,1H3,(H2,23,25)(H,24,26). The highest BCUT2D eigenvalue weighted by atomic mass is 79.9. The number of carbonyl (C=O) groups is 2. The molecule has 6 nitrogen and oxygen atoms in total. The van der Waals surface area contributed by atoms with Gasteiger partial charge in [-0.3, -0.25) is 9.59 Å².